The molecule has 7 heteroatoms. The van der Waals surface area contributed by atoms with Crippen LogP contribution in [-0.2, 0) is 10.0 Å². The van der Waals surface area contributed by atoms with Crippen molar-refractivity contribution in [2.45, 2.75) is 43.0 Å². The molecule has 1 aromatic rings. The van der Waals surface area contributed by atoms with E-state index in [1.54, 1.807) is 0 Å². The summed E-state index contributed by atoms with van der Waals surface area (Å²) in [6.45, 7) is 2.02. The van der Waals surface area contributed by atoms with Crippen molar-refractivity contribution in [3.05, 3.63) is 28.8 Å². The van der Waals surface area contributed by atoms with Gasteiger partial charge in [-0.25, -0.2) is 13.6 Å². The van der Waals surface area contributed by atoms with Gasteiger partial charge in [-0.05, 0) is 43.9 Å². The third kappa shape index (κ3) is 2.97. The first-order chi connectivity index (χ1) is 9.27. The van der Waals surface area contributed by atoms with E-state index in [-0.39, 0.29) is 26.9 Å². The van der Waals surface area contributed by atoms with Crippen molar-refractivity contribution >= 4 is 27.5 Å². The normalized spacial score (nSPS) is 17.4. The molecule has 1 aromatic carbocycles. The van der Waals surface area contributed by atoms with Gasteiger partial charge in [0.2, 0.25) is 10.0 Å². The number of carbonyl (C=O) groups is 1. The molecule has 1 aliphatic carbocycles. The van der Waals surface area contributed by atoms with Crippen LogP contribution < -0.4 is 10.5 Å². The van der Waals surface area contributed by atoms with Gasteiger partial charge in [-0.15, -0.1) is 0 Å². The van der Waals surface area contributed by atoms with E-state index in [1.807, 2.05) is 6.92 Å². The first-order valence-electron chi connectivity index (χ1n) is 6.42. The number of halogens is 1. The van der Waals surface area contributed by atoms with Crippen molar-refractivity contribution in [3.8, 4) is 0 Å². The lowest BCUT2D eigenvalue weighted by atomic mass is 9.74. The molecule has 0 saturated heterocycles. The highest BCUT2D eigenvalue weighted by atomic mass is 35.5. The predicted octanol–water partition coefficient (Wildman–Crippen LogP) is 2.05. The van der Waals surface area contributed by atoms with Crippen molar-refractivity contribution in [3.63, 3.8) is 0 Å². The van der Waals surface area contributed by atoms with Gasteiger partial charge in [0.05, 0.1) is 5.02 Å². The van der Waals surface area contributed by atoms with Gasteiger partial charge in [0.1, 0.15) is 4.90 Å². The Balaban J connectivity index is 2.27. The van der Waals surface area contributed by atoms with Gasteiger partial charge in [-0.1, -0.05) is 18.5 Å². The SMILES string of the molecule is CCC1(NC(=O)c2ccc(Cl)c(S(N)(=O)=O)c2)CCC1. The Kier molecular flexibility index (Phi) is 4.09. The summed E-state index contributed by atoms with van der Waals surface area (Å²) in [6, 6.07) is 4.08. The Morgan fingerprint density at radius 2 is 2.10 bits per heavy atom. The van der Waals surface area contributed by atoms with Gasteiger partial charge in [-0.2, -0.15) is 0 Å². The Labute approximate surface area is 123 Å². The highest BCUT2D eigenvalue weighted by Crippen LogP contribution is 2.35. The molecular weight excluding hydrogens is 300 g/mol. The highest BCUT2D eigenvalue weighted by molar-refractivity contribution is 7.89. The maximum absolute atomic E-state index is 12.2. The van der Waals surface area contributed by atoms with Gasteiger partial charge in [0, 0.05) is 11.1 Å². The summed E-state index contributed by atoms with van der Waals surface area (Å²) in [6.07, 6.45) is 3.85. The van der Waals surface area contributed by atoms with Gasteiger partial charge in [0.15, 0.2) is 0 Å². The average molecular weight is 317 g/mol. The third-order valence-electron chi connectivity index (χ3n) is 3.87. The summed E-state index contributed by atoms with van der Waals surface area (Å²) in [5.74, 6) is -0.298. The van der Waals surface area contributed by atoms with Gasteiger partial charge >= 0.3 is 0 Å². The van der Waals surface area contributed by atoms with E-state index in [0.29, 0.717) is 0 Å². The van der Waals surface area contributed by atoms with Crippen LogP contribution in [0.5, 0.6) is 0 Å². The van der Waals surface area contributed by atoms with Gasteiger partial charge < -0.3 is 5.32 Å². The Bertz CT molecular complexity index is 634. The molecule has 0 radical (unpaired) electrons. The molecule has 0 bridgehead atoms. The molecule has 3 N–H and O–H groups in total. The largest absolute Gasteiger partial charge is 0.347 e. The van der Waals surface area contributed by atoms with Crippen molar-refractivity contribution in [1.82, 2.24) is 5.32 Å². The second-order valence-corrected chi connectivity index (χ2v) is 7.07. The van der Waals surface area contributed by atoms with Crippen LogP contribution in [0, 0.1) is 0 Å². The molecular formula is C13H17ClN2O3S. The summed E-state index contributed by atoms with van der Waals surface area (Å²) >= 11 is 5.79. The zero-order valence-corrected chi connectivity index (χ0v) is 12.7. The molecule has 0 heterocycles. The molecule has 1 fully saturated rings. The number of amides is 1. The molecule has 0 spiro atoms. The maximum atomic E-state index is 12.2. The van der Waals surface area contributed by atoms with Crippen LogP contribution >= 0.6 is 11.6 Å². The Morgan fingerprint density at radius 3 is 2.55 bits per heavy atom. The van der Waals surface area contributed by atoms with Crippen molar-refractivity contribution in [2.24, 2.45) is 5.14 Å². The lowest BCUT2D eigenvalue weighted by molar-refractivity contribution is 0.0820. The molecule has 0 aromatic heterocycles. The van der Waals surface area contributed by atoms with Crippen LogP contribution in [-0.4, -0.2) is 19.9 Å². The number of benzene rings is 1. The Morgan fingerprint density at radius 1 is 1.45 bits per heavy atom. The molecule has 0 unspecified atom stereocenters. The topological polar surface area (TPSA) is 89.3 Å². The van der Waals surface area contributed by atoms with Crippen molar-refractivity contribution in [2.75, 3.05) is 0 Å². The number of nitrogens with two attached hydrogens (primary N) is 1. The standard InChI is InChI=1S/C13H17ClN2O3S/c1-2-13(6-3-7-13)16-12(17)9-4-5-10(14)11(8-9)20(15,18)19/h4-5,8H,2-3,6-7H2,1H3,(H,16,17)(H2,15,18,19). The summed E-state index contributed by atoms with van der Waals surface area (Å²) in [4.78, 5) is 12.0. The number of sulfonamides is 1. The monoisotopic (exact) mass is 316 g/mol. The molecule has 1 saturated carbocycles. The summed E-state index contributed by atoms with van der Waals surface area (Å²) in [5.41, 5.74) is 0.0940. The number of carbonyl (C=O) groups excluding carboxylic acids is 1. The zero-order valence-electron chi connectivity index (χ0n) is 11.1. The minimum atomic E-state index is -3.94. The van der Waals surface area contributed by atoms with E-state index in [4.69, 9.17) is 16.7 Å². The summed E-state index contributed by atoms with van der Waals surface area (Å²) < 4.78 is 22.8. The molecule has 1 aliphatic rings. The van der Waals surface area contributed by atoms with E-state index in [2.05, 4.69) is 5.32 Å². The second kappa shape index (κ2) is 5.35. The molecule has 0 aliphatic heterocycles. The van der Waals surface area contributed by atoms with E-state index in [9.17, 15) is 13.2 Å². The van der Waals surface area contributed by atoms with Gasteiger partial charge in [0.25, 0.3) is 5.91 Å². The fourth-order valence-corrected chi connectivity index (χ4v) is 3.42. The number of primary sulfonamides is 1. The summed E-state index contributed by atoms with van der Waals surface area (Å²) in [7, 11) is -3.94. The number of nitrogens with one attached hydrogen (secondary N) is 1. The quantitative estimate of drug-likeness (QED) is 0.891. The average Bonchev–Trinajstić information content (AvgIpc) is 2.32. The fourth-order valence-electron chi connectivity index (χ4n) is 2.35. The van der Waals surface area contributed by atoms with E-state index < -0.39 is 10.0 Å². The smallest absolute Gasteiger partial charge is 0.251 e. The van der Waals surface area contributed by atoms with Crippen molar-refractivity contribution in [1.29, 1.82) is 0 Å². The van der Waals surface area contributed by atoms with Crippen LogP contribution in [0.15, 0.2) is 23.1 Å². The van der Waals surface area contributed by atoms with Crippen LogP contribution in [0.3, 0.4) is 0 Å². The lowest BCUT2D eigenvalue weighted by Crippen LogP contribution is -2.53. The van der Waals surface area contributed by atoms with E-state index in [0.717, 1.165) is 25.7 Å². The first-order valence-corrected chi connectivity index (χ1v) is 8.35. The Hall–Kier alpha value is -1.11. The first kappa shape index (κ1) is 15.3. The van der Waals surface area contributed by atoms with Crippen molar-refractivity contribution < 1.29 is 13.2 Å². The molecule has 1 amide bonds. The molecule has 0 atom stereocenters. The molecule has 110 valence electrons. The fraction of sp³-hybridized carbons (Fsp3) is 0.462. The minimum absolute atomic E-state index is 0.0119. The number of rotatable bonds is 4. The van der Waals surface area contributed by atoms with Crippen LogP contribution in [0.1, 0.15) is 43.0 Å². The molecule has 20 heavy (non-hydrogen) atoms. The number of hydrogen-bond donors (Lipinski definition) is 2. The van der Waals surface area contributed by atoms with E-state index >= 15 is 0 Å². The van der Waals surface area contributed by atoms with Gasteiger partial charge in [-0.3, -0.25) is 4.79 Å². The zero-order chi connectivity index (χ0) is 15.0. The maximum Gasteiger partial charge on any atom is 0.251 e. The second-order valence-electron chi connectivity index (χ2n) is 5.13. The van der Waals surface area contributed by atoms with Crippen LogP contribution in [0.2, 0.25) is 5.02 Å². The molecule has 2 rings (SSSR count). The molecule has 5 nitrogen and oxygen atoms in total. The van der Waals surface area contributed by atoms with Crippen LogP contribution in [0.4, 0.5) is 0 Å². The van der Waals surface area contributed by atoms with Crippen LogP contribution in [0.25, 0.3) is 0 Å². The predicted molar refractivity (Wildman–Crippen MR) is 77.2 cm³/mol. The highest BCUT2D eigenvalue weighted by Gasteiger charge is 2.36. The third-order valence-corrected chi connectivity index (χ3v) is 5.26. The van der Waals surface area contributed by atoms with E-state index in [1.165, 1.54) is 18.2 Å². The minimum Gasteiger partial charge on any atom is -0.347 e. The summed E-state index contributed by atoms with van der Waals surface area (Å²) in [5, 5.41) is 8.06. The number of hydrogen-bond acceptors (Lipinski definition) is 3. The lowest BCUT2D eigenvalue weighted by Gasteiger charge is -2.42.